The van der Waals surface area contributed by atoms with E-state index < -0.39 is 22.5 Å². The molecular weight excluding hydrogens is 658 g/mol. The van der Waals surface area contributed by atoms with Crippen LogP contribution in [-0.2, 0) is 21.4 Å². The molecule has 0 bridgehead atoms. The smallest absolute Gasteiger partial charge is 0.264 e. The Morgan fingerprint density at radius 2 is 1.70 bits per heavy atom. The summed E-state index contributed by atoms with van der Waals surface area (Å²) in [4.78, 5) is 13.0. The van der Waals surface area contributed by atoms with Crippen LogP contribution in [0.2, 0.25) is 5.02 Å². The first-order valence-corrected chi connectivity index (χ1v) is 15.7. The van der Waals surface area contributed by atoms with Gasteiger partial charge in [0, 0.05) is 5.02 Å². The summed E-state index contributed by atoms with van der Waals surface area (Å²) in [6.45, 7) is 2.11. The van der Waals surface area contributed by atoms with Crippen LogP contribution >= 0.6 is 27.5 Å². The van der Waals surface area contributed by atoms with Crippen LogP contribution in [0.15, 0.2) is 105 Å². The lowest BCUT2D eigenvalue weighted by atomic mass is 10.2. The van der Waals surface area contributed by atoms with E-state index in [1.807, 2.05) is 19.1 Å². The topological polar surface area (TPSA) is 107 Å². The van der Waals surface area contributed by atoms with E-state index in [0.29, 0.717) is 51.2 Å². The van der Waals surface area contributed by atoms with E-state index in [0.717, 1.165) is 9.87 Å². The molecule has 224 valence electrons. The van der Waals surface area contributed by atoms with Crippen molar-refractivity contribution in [2.75, 3.05) is 24.6 Å². The Bertz CT molecular complexity index is 1670. The van der Waals surface area contributed by atoms with Gasteiger partial charge in [-0.25, -0.2) is 13.8 Å². The number of halogens is 2. The lowest BCUT2D eigenvalue weighted by Crippen LogP contribution is -2.39. The summed E-state index contributed by atoms with van der Waals surface area (Å²) >= 11 is 9.46. The quantitative estimate of drug-likeness (QED) is 0.128. The maximum absolute atomic E-state index is 13.5. The molecule has 1 N–H and O–H groups in total. The summed E-state index contributed by atoms with van der Waals surface area (Å²) in [5, 5.41) is 4.67. The fourth-order valence-corrected chi connectivity index (χ4v) is 6.09. The van der Waals surface area contributed by atoms with Crippen molar-refractivity contribution in [3.63, 3.8) is 0 Å². The number of sulfonamides is 1. The highest BCUT2D eigenvalue weighted by Gasteiger charge is 2.27. The molecule has 4 aromatic rings. The Hall–Kier alpha value is -4.06. The third kappa shape index (κ3) is 8.50. The van der Waals surface area contributed by atoms with E-state index in [9.17, 15) is 13.2 Å². The Kier molecular flexibility index (Phi) is 11.0. The third-order valence-corrected chi connectivity index (χ3v) is 8.63. The van der Waals surface area contributed by atoms with Crippen LogP contribution in [0.4, 0.5) is 5.69 Å². The second kappa shape index (κ2) is 14.9. The van der Waals surface area contributed by atoms with Crippen molar-refractivity contribution in [3.05, 3.63) is 112 Å². The van der Waals surface area contributed by atoms with Crippen LogP contribution in [0, 0.1) is 0 Å². The number of carbonyl (C=O) groups excluding carboxylic acids is 1. The van der Waals surface area contributed by atoms with Crippen molar-refractivity contribution in [2.45, 2.75) is 18.4 Å². The monoisotopic (exact) mass is 685 g/mol. The van der Waals surface area contributed by atoms with Crippen LogP contribution in [-0.4, -0.2) is 40.8 Å². The highest BCUT2D eigenvalue weighted by molar-refractivity contribution is 9.10. The molecule has 0 saturated carbocycles. The fraction of sp³-hybridized carbons (Fsp3) is 0.161. The summed E-state index contributed by atoms with van der Waals surface area (Å²) in [6.07, 6.45) is 1.42. The van der Waals surface area contributed by atoms with Gasteiger partial charge in [-0.15, -0.1) is 0 Å². The Balaban J connectivity index is 1.48. The van der Waals surface area contributed by atoms with Crippen molar-refractivity contribution in [1.29, 1.82) is 0 Å². The van der Waals surface area contributed by atoms with Crippen LogP contribution in [0.3, 0.4) is 0 Å². The Morgan fingerprint density at radius 1 is 1.00 bits per heavy atom. The zero-order chi connectivity index (χ0) is 30.8. The highest BCUT2D eigenvalue weighted by Crippen LogP contribution is 2.37. The number of anilines is 1. The molecule has 43 heavy (non-hydrogen) atoms. The zero-order valence-corrected chi connectivity index (χ0v) is 26.5. The predicted molar refractivity (Wildman–Crippen MR) is 171 cm³/mol. The van der Waals surface area contributed by atoms with Gasteiger partial charge in [0.05, 0.1) is 35.0 Å². The van der Waals surface area contributed by atoms with E-state index in [4.69, 9.17) is 25.8 Å². The number of rotatable bonds is 13. The molecule has 1 amide bonds. The van der Waals surface area contributed by atoms with E-state index in [-0.39, 0.29) is 4.90 Å². The van der Waals surface area contributed by atoms with E-state index in [1.54, 1.807) is 66.7 Å². The third-order valence-electron chi connectivity index (χ3n) is 6.01. The zero-order valence-electron chi connectivity index (χ0n) is 23.4. The maximum Gasteiger partial charge on any atom is 0.264 e. The molecular formula is C31H29BrClN3O6S. The van der Waals surface area contributed by atoms with Crippen LogP contribution in [0.5, 0.6) is 17.2 Å². The van der Waals surface area contributed by atoms with Crippen LogP contribution in [0.25, 0.3) is 0 Å². The minimum Gasteiger partial charge on any atom is -0.494 e. The van der Waals surface area contributed by atoms with Crippen molar-refractivity contribution >= 4 is 55.4 Å². The number of methoxy groups -OCH3 is 1. The average molecular weight is 687 g/mol. The first-order chi connectivity index (χ1) is 20.7. The summed E-state index contributed by atoms with van der Waals surface area (Å²) < 4.78 is 45.6. The standard InChI is InChI=1S/C31H29BrClN3O6S/c1-3-41-26-15-13-25(14-16-26)36(43(38,39)27-7-5-4-6-8-27)20-30(37)35-34-19-23-17-28(32)31(29(18-23)40-2)42-21-22-9-11-24(33)12-10-22/h4-19H,3,20-21H2,1-2H3,(H,35,37)/b34-19-. The number of ether oxygens (including phenoxy) is 3. The summed E-state index contributed by atoms with van der Waals surface area (Å²) in [7, 11) is -2.55. The predicted octanol–water partition coefficient (Wildman–Crippen LogP) is 6.43. The summed E-state index contributed by atoms with van der Waals surface area (Å²) in [5.74, 6) is 0.890. The number of hydrogen-bond donors (Lipinski definition) is 1. The van der Waals surface area contributed by atoms with Crippen molar-refractivity contribution in [3.8, 4) is 17.2 Å². The molecule has 0 unspecified atom stereocenters. The first-order valence-electron chi connectivity index (χ1n) is 13.1. The fourth-order valence-electron chi connectivity index (χ4n) is 3.95. The van der Waals surface area contributed by atoms with Crippen LogP contribution < -0.4 is 23.9 Å². The molecule has 0 aliphatic carbocycles. The molecule has 4 rings (SSSR count). The summed E-state index contributed by atoms with van der Waals surface area (Å²) in [5.41, 5.74) is 4.24. The second-order valence-electron chi connectivity index (χ2n) is 8.99. The van der Waals surface area contributed by atoms with Gasteiger partial charge >= 0.3 is 0 Å². The molecule has 9 nitrogen and oxygen atoms in total. The molecule has 0 spiro atoms. The number of carbonyl (C=O) groups is 1. The molecule has 0 aliphatic heterocycles. The van der Waals surface area contributed by atoms with Gasteiger partial charge in [-0.3, -0.25) is 9.10 Å². The number of amides is 1. The molecule has 0 saturated heterocycles. The van der Waals surface area contributed by atoms with Gasteiger partial charge in [0.25, 0.3) is 15.9 Å². The van der Waals surface area contributed by atoms with Crippen molar-refractivity contribution in [2.24, 2.45) is 5.10 Å². The number of hydrogen-bond acceptors (Lipinski definition) is 7. The molecule has 0 radical (unpaired) electrons. The van der Waals surface area contributed by atoms with Gasteiger partial charge in [-0.05, 0) is 94.6 Å². The molecule has 0 aromatic heterocycles. The van der Waals surface area contributed by atoms with E-state index >= 15 is 0 Å². The molecule has 0 atom stereocenters. The molecule has 12 heteroatoms. The van der Waals surface area contributed by atoms with Gasteiger partial charge < -0.3 is 14.2 Å². The Labute approximate surface area is 264 Å². The average Bonchev–Trinajstić information content (AvgIpc) is 3.01. The highest BCUT2D eigenvalue weighted by atomic mass is 79.9. The van der Waals surface area contributed by atoms with Gasteiger partial charge in [-0.1, -0.05) is 41.9 Å². The molecule has 0 aliphatic rings. The Morgan fingerprint density at radius 3 is 2.35 bits per heavy atom. The number of hydrazone groups is 1. The lowest BCUT2D eigenvalue weighted by Gasteiger charge is -2.24. The molecule has 4 aromatic carbocycles. The largest absolute Gasteiger partial charge is 0.494 e. The minimum absolute atomic E-state index is 0.0514. The lowest BCUT2D eigenvalue weighted by molar-refractivity contribution is -0.119. The molecule has 0 fully saturated rings. The SMILES string of the molecule is CCOc1ccc(N(CC(=O)N/N=C\c2cc(Br)c(OCc3ccc(Cl)cc3)c(OC)c2)S(=O)(=O)c2ccccc2)cc1. The van der Waals surface area contributed by atoms with Gasteiger partial charge in [0.15, 0.2) is 11.5 Å². The number of benzene rings is 4. The molecule has 0 heterocycles. The first kappa shape index (κ1) is 31.9. The van der Waals surface area contributed by atoms with E-state index in [1.165, 1.54) is 25.5 Å². The minimum atomic E-state index is -4.06. The van der Waals surface area contributed by atoms with Crippen LogP contribution in [0.1, 0.15) is 18.1 Å². The number of nitrogens with one attached hydrogen (secondary N) is 1. The van der Waals surface area contributed by atoms with Gasteiger partial charge in [0.1, 0.15) is 18.9 Å². The van der Waals surface area contributed by atoms with Gasteiger partial charge in [-0.2, -0.15) is 5.10 Å². The summed E-state index contributed by atoms with van der Waals surface area (Å²) in [6, 6.07) is 25.1. The maximum atomic E-state index is 13.5. The van der Waals surface area contributed by atoms with Gasteiger partial charge in [0.2, 0.25) is 0 Å². The van der Waals surface area contributed by atoms with Crippen molar-refractivity contribution < 1.29 is 27.4 Å². The number of nitrogens with zero attached hydrogens (tertiary/aromatic N) is 2. The second-order valence-corrected chi connectivity index (χ2v) is 12.1. The normalized spacial score (nSPS) is 11.3. The van der Waals surface area contributed by atoms with Crippen molar-refractivity contribution in [1.82, 2.24) is 5.43 Å². The van der Waals surface area contributed by atoms with E-state index in [2.05, 4.69) is 26.5 Å².